The summed E-state index contributed by atoms with van der Waals surface area (Å²) in [5, 5.41) is 12.6. The fourth-order valence-electron chi connectivity index (χ4n) is 3.83. The standard InChI is InChI=1S/C21H22N2O3/c1-14-10-17(24)16(13-23-8-3-2-4-9-23)21-19(14)20(25)18(26-21)11-15-6-5-7-22-12-15/h5-7,10-12,24H,2-4,8-9,13H2,1H3. The van der Waals surface area contributed by atoms with E-state index in [2.05, 4.69) is 4.98 Å². The number of aromatic nitrogens is 1. The van der Waals surface area contributed by atoms with Gasteiger partial charge in [0.2, 0.25) is 5.78 Å². The van der Waals surface area contributed by atoms with E-state index in [1.54, 1.807) is 31.5 Å². The minimum Gasteiger partial charge on any atom is -0.872 e. The molecule has 1 fully saturated rings. The van der Waals surface area contributed by atoms with Crippen molar-refractivity contribution in [3.05, 3.63) is 58.6 Å². The van der Waals surface area contributed by atoms with Gasteiger partial charge in [-0.2, -0.15) is 0 Å². The number of aryl methyl sites for hydroxylation is 1. The molecule has 0 bridgehead atoms. The van der Waals surface area contributed by atoms with E-state index < -0.39 is 0 Å². The van der Waals surface area contributed by atoms with Crippen molar-refractivity contribution in [2.45, 2.75) is 32.7 Å². The molecule has 0 aliphatic carbocycles. The maximum Gasteiger partial charge on any atom is 0.232 e. The molecule has 0 unspecified atom stereocenters. The van der Waals surface area contributed by atoms with Crippen LogP contribution < -0.4 is 14.7 Å². The molecule has 26 heavy (non-hydrogen) atoms. The lowest BCUT2D eigenvalue weighted by molar-refractivity contribution is -0.918. The van der Waals surface area contributed by atoms with Gasteiger partial charge in [-0.3, -0.25) is 9.78 Å². The molecule has 1 N–H and O–H groups in total. The van der Waals surface area contributed by atoms with E-state index in [-0.39, 0.29) is 17.3 Å². The van der Waals surface area contributed by atoms with Crippen molar-refractivity contribution in [3.63, 3.8) is 0 Å². The molecule has 1 aromatic carbocycles. The lowest BCUT2D eigenvalue weighted by Crippen LogP contribution is -3.11. The van der Waals surface area contributed by atoms with Crippen LogP contribution in [0.2, 0.25) is 0 Å². The highest BCUT2D eigenvalue weighted by molar-refractivity contribution is 6.15. The van der Waals surface area contributed by atoms with Gasteiger partial charge in [0.05, 0.1) is 18.7 Å². The Morgan fingerprint density at radius 2 is 2.12 bits per heavy atom. The molecule has 2 aromatic rings. The molecule has 1 aromatic heterocycles. The van der Waals surface area contributed by atoms with Crippen LogP contribution in [-0.4, -0.2) is 23.9 Å². The third-order valence-electron chi connectivity index (χ3n) is 5.17. The van der Waals surface area contributed by atoms with Crippen LogP contribution in [-0.2, 0) is 6.54 Å². The molecule has 0 saturated carbocycles. The van der Waals surface area contributed by atoms with Crippen LogP contribution in [0.1, 0.15) is 46.3 Å². The maximum absolute atomic E-state index is 12.9. The molecule has 5 heteroatoms. The second-order valence-electron chi connectivity index (χ2n) is 7.09. The van der Waals surface area contributed by atoms with Crippen LogP contribution in [0.25, 0.3) is 6.08 Å². The number of carbonyl (C=O) groups excluding carboxylic acids is 1. The maximum atomic E-state index is 12.9. The summed E-state index contributed by atoms with van der Waals surface area (Å²) >= 11 is 0. The molecule has 134 valence electrons. The van der Waals surface area contributed by atoms with E-state index in [0.29, 0.717) is 29.0 Å². The van der Waals surface area contributed by atoms with Gasteiger partial charge in [-0.25, -0.2) is 0 Å². The number of fused-ring (bicyclic) bond motifs is 1. The van der Waals surface area contributed by atoms with Crippen LogP contribution in [0.3, 0.4) is 0 Å². The number of rotatable bonds is 3. The quantitative estimate of drug-likeness (QED) is 0.855. The Morgan fingerprint density at radius 1 is 1.31 bits per heavy atom. The highest BCUT2D eigenvalue weighted by atomic mass is 16.5. The summed E-state index contributed by atoms with van der Waals surface area (Å²) in [6, 6.07) is 5.25. The van der Waals surface area contributed by atoms with Crippen LogP contribution in [0.4, 0.5) is 0 Å². The number of carbonyl (C=O) groups is 1. The number of nitrogens with one attached hydrogen (secondary N) is 1. The molecule has 3 heterocycles. The van der Waals surface area contributed by atoms with E-state index in [0.717, 1.165) is 18.7 Å². The van der Waals surface area contributed by atoms with Crippen LogP contribution >= 0.6 is 0 Å². The van der Waals surface area contributed by atoms with Gasteiger partial charge in [0, 0.05) is 18.0 Å². The average molecular weight is 350 g/mol. The first kappa shape index (κ1) is 16.8. The number of hydrogen-bond donors (Lipinski definition) is 1. The Balaban J connectivity index is 1.71. The number of ether oxygens (including phenoxy) is 1. The zero-order valence-corrected chi connectivity index (χ0v) is 14.9. The predicted octanol–water partition coefficient (Wildman–Crippen LogP) is 1.65. The number of ketones is 1. The van der Waals surface area contributed by atoms with Gasteiger partial charge in [-0.05, 0) is 49.5 Å². The average Bonchev–Trinajstić information content (AvgIpc) is 2.97. The van der Waals surface area contributed by atoms with E-state index in [1.807, 2.05) is 12.1 Å². The summed E-state index contributed by atoms with van der Waals surface area (Å²) in [5.41, 5.74) is 2.64. The number of likely N-dealkylation sites (tertiary alicyclic amines) is 1. The Kier molecular flexibility index (Phi) is 4.47. The summed E-state index contributed by atoms with van der Waals surface area (Å²) in [4.78, 5) is 18.3. The monoisotopic (exact) mass is 350 g/mol. The van der Waals surface area contributed by atoms with E-state index in [4.69, 9.17) is 4.74 Å². The van der Waals surface area contributed by atoms with E-state index in [1.165, 1.54) is 24.2 Å². The number of pyridine rings is 1. The third kappa shape index (κ3) is 3.10. The summed E-state index contributed by atoms with van der Waals surface area (Å²) in [6.45, 7) is 4.55. The first-order chi connectivity index (χ1) is 12.6. The first-order valence-electron chi connectivity index (χ1n) is 9.15. The molecule has 4 rings (SSSR count). The zero-order valence-electron chi connectivity index (χ0n) is 14.9. The van der Waals surface area contributed by atoms with Crippen molar-refractivity contribution >= 4 is 11.9 Å². The number of hydrogen-bond acceptors (Lipinski definition) is 4. The van der Waals surface area contributed by atoms with Gasteiger partial charge in [-0.15, -0.1) is 0 Å². The minimum atomic E-state index is -0.156. The zero-order chi connectivity index (χ0) is 18.1. The second kappa shape index (κ2) is 6.92. The van der Waals surface area contributed by atoms with E-state index in [9.17, 15) is 9.90 Å². The molecule has 0 atom stereocenters. The summed E-state index contributed by atoms with van der Waals surface area (Å²) in [7, 11) is 0. The van der Waals surface area contributed by atoms with Gasteiger partial charge in [-0.1, -0.05) is 17.9 Å². The number of nitrogens with zero attached hydrogens (tertiary/aromatic N) is 1. The third-order valence-corrected chi connectivity index (χ3v) is 5.17. The largest absolute Gasteiger partial charge is 0.872 e. The Hall–Kier alpha value is -2.66. The molecular formula is C21H22N2O3. The van der Waals surface area contributed by atoms with Gasteiger partial charge >= 0.3 is 0 Å². The lowest BCUT2D eigenvalue weighted by Gasteiger charge is -2.26. The van der Waals surface area contributed by atoms with Crippen molar-refractivity contribution in [1.29, 1.82) is 0 Å². The fourth-order valence-corrected chi connectivity index (χ4v) is 3.83. The molecule has 2 aliphatic rings. The number of quaternary nitrogens is 1. The summed E-state index contributed by atoms with van der Waals surface area (Å²) in [6.07, 6.45) is 8.68. The predicted molar refractivity (Wildman–Crippen MR) is 96.0 cm³/mol. The Bertz CT molecular complexity index is 869. The van der Waals surface area contributed by atoms with Crippen LogP contribution in [0.5, 0.6) is 11.5 Å². The topological polar surface area (TPSA) is 66.7 Å². The number of piperidine rings is 1. The van der Waals surface area contributed by atoms with Crippen LogP contribution in [0.15, 0.2) is 36.4 Å². The molecule has 2 aliphatic heterocycles. The minimum absolute atomic E-state index is 0.0326. The number of allylic oxidation sites excluding steroid dienone is 1. The fraction of sp³-hybridized carbons (Fsp3) is 0.333. The second-order valence-corrected chi connectivity index (χ2v) is 7.09. The summed E-state index contributed by atoms with van der Waals surface area (Å²) < 4.78 is 5.93. The van der Waals surface area contributed by atoms with E-state index >= 15 is 0 Å². The number of Topliss-reactive ketones (excluding diaryl/α,β-unsaturated/α-hetero) is 1. The lowest BCUT2D eigenvalue weighted by atomic mass is 9.98. The van der Waals surface area contributed by atoms with Crippen molar-refractivity contribution in [2.24, 2.45) is 0 Å². The van der Waals surface area contributed by atoms with Gasteiger partial charge in [0.25, 0.3) is 0 Å². The van der Waals surface area contributed by atoms with Crippen molar-refractivity contribution in [1.82, 2.24) is 4.98 Å². The van der Waals surface area contributed by atoms with Crippen molar-refractivity contribution < 1.29 is 19.5 Å². The highest BCUT2D eigenvalue weighted by Gasteiger charge is 2.33. The normalized spacial score (nSPS) is 18.8. The molecular weight excluding hydrogens is 328 g/mol. The molecule has 5 nitrogen and oxygen atoms in total. The van der Waals surface area contributed by atoms with Crippen molar-refractivity contribution in [3.8, 4) is 11.5 Å². The number of benzene rings is 1. The Labute approximate surface area is 152 Å². The molecule has 0 radical (unpaired) electrons. The molecule has 1 saturated heterocycles. The first-order valence-corrected chi connectivity index (χ1v) is 9.15. The van der Waals surface area contributed by atoms with Crippen LogP contribution in [0, 0.1) is 6.92 Å². The summed E-state index contributed by atoms with van der Waals surface area (Å²) in [5.74, 6) is 0.538. The Morgan fingerprint density at radius 3 is 2.85 bits per heavy atom. The highest BCUT2D eigenvalue weighted by Crippen LogP contribution is 2.40. The van der Waals surface area contributed by atoms with Gasteiger partial charge in [0.15, 0.2) is 5.76 Å². The van der Waals surface area contributed by atoms with Gasteiger partial charge in [0.1, 0.15) is 12.3 Å². The van der Waals surface area contributed by atoms with Gasteiger partial charge < -0.3 is 14.7 Å². The molecule has 0 amide bonds. The molecule has 0 spiro atoms. The SMILES string of the molecule is Cc1cc([O-])c(C[NH+]2CCCCC2)c2c1C(=O)C(=Cc1cccnc1)O2. The van der Waals surface area contributed by atoms with Crippen molar-refractivity contribution in [2.75, 3.05) is 13.1 Å². The smallest absolute Gasteiger partial charge is 0.232 e.